The van der Waals surface area contributed by atoms with E-state index in [9.17, 15) is 22.8 Å². The molecule has 200 valence electrons. The molecule has 8 heteroatoms. The van der Waals surface area contributed by atoms with Gasteiger partial charge in [-0.15, -0.1) is 0 Å². The van der Waals surface area contributed by atoms with Crippen molar-refractivity contribution in [2.75, 3.05) is 32.8 Å². The monoisotopic (exact) mass is 524 g/mol. The zero-order valence-corrected chi connectivity index (χ0v) is 21.1. The molecular formula is C30H31F3N2O3. The van der Waals surface area contributed by atoms with Crippen molar-refractivity contribution in [3.8, 4) is 5.75 Å². The van der Waals surface area contributed by atoms with Gasteiger partial charge in [-0.25, -0.2) is 13.2 Å². The van der Waals surface area contributed by atoms with Crippen LogP contribution in [0, 0.1) is 17.5 Å². The molecule has 0 spiro atoms. The zero-order chi connectivity index (χ0) is 26.9. The Hall–Kier alpha value is -3.81. The lowest BCUT2D eigenvalue weighted by Crippen LogP contribution is -2.53. The third-order valence-electron chi connectivity index (χ3n) is 6.79. The van der Waals surface area contributed by atoms with Gasteiger partial charge in [-0.1, -0.05) is 30.7 Å². The summed E-state index contributed by atoms with van der Waals surface area (Å²) in [4.78, 5) is 28.6. The smallest absolute Gasteiger partial charge is 0.242 e. The van der Waals surface area contributed by atoms with Crippen molar-refractivity contribution in [1.82, 2.24) is 9.80 Å². The summed E-state index contributed by atoms with van der Waals surface area (Å²) in [5, 5.41) is 0. The summed E-state index contributed by atoms with van der Waals surface area (Å²) >= 11 is 0. The predicted molar refractivity (Wildman–Crippen MR) is 138 cm³/mol. The number of carbonyl (C=O) groups excluding carboxylic acids is 2. The van der Waals surface area contributed by atoms with Crippen LogP contribution in [0.3, 0.4) is 0 Å². The first-order chi connectivity index (χ1) is 18.4. The second-order valence-corrected chi connectivity index (χ2v) is 9.40. The molecule has 4 rings (SSSR count). The van der Waals surface area contributed by atoms with Crippen molar-refractivity contribution in [1.29, 1.82) is 0 Å². The van der Waals surface area contributed by atoms with Gasteiger partial charge in [0, 0.05) is 25.4 Å². The van der Waals surface area contributed by atoms with Gasteiger partial charge in [-0.05, 0) is 72.5 Å². The van der Waals surface area contributed by atoms with E-state index in [1.165, 1.54) is 48.5 Å². The summed E-state index contributed by atoms with van der Waals surface area (Å²) < 4.78 is 45.4. The highest BCUT2D eigenvalue weighted by molar-refractivity contribution is 5.86. The zero-order valence-electron chi connectivity index (χ0n) is 21.1. The average Bonchev–Trinajstić information content (AvgIpc) is 2.92. The van der Waals surface area contributed by atoms with Crippen molar-refractivity contribution in [2.45, 2.75) is 31.6 Å². The standard InChI is InChI=1S/C30H31F3N2O3/c31-24-9-5-22(6-10-24)28(23-7-11-25(32)12-8-23)3-1-2-4-29(36)35-18-17-34(30(37)21-35)19-20-38-27-15-13-26(33)14-16-27/h5-16,28H,1-4,17-21H2. The highest BCUT2D eigenvalue weighted by Crippen LogP contribution is 2.30. The fraction of sp³-hybridized carbons (Fsp3) is 0.333. The maximum absolute atomic E-state index is 13.4. The largest absolute Gasteiger partial charge is 0.492 e. The van der Waals surface area contributed by atoms with Gasteiger partial charge in [0.25, 0.3) is 0 Å². The van der Waals surface area contributed by atoms with Gasteiger partial charge >= 0.3 is 0 Å². The maximum atomic E-state index is 13.4. The van der Waals surface area contributed by atoms with Crippen LogP contribution in [0.25, 0.3) is 0 Å². The van der Waals surface area contributed by atoms with E-state index in [1.54, 1.807) is 34.1 Å². The first-order valence-electron chi connectivity index (χ1n) is 12.8. The van der Waals surface area contributed by atoms with E-state index in [0.29, 0.717) is 38.2 Å². The summed E-state index contributed by atoms with van der Waals surface area (Å²) in [5.74, 6) is -0.642. The van der Waals surface area contributed by atoms with Crippen LogP contribution in [-0.4, -0.2) is 54.4 Å². The van der Waals surface area contributed by atoms with Crippen LogP contribution in [-0.2, 0) is 9.59 Å². The van der Waals surface area contributed by atoms with E-state index < -0.39 is 0 Å². The van der Waals surface area contributed by atoms with E-state index in [4.69, 9.17) is 4.74 Å². The minimum atomic E-state index is -0.339. The minimum Gasteiger partial charge on any atom is -0.492 e. The molecule has 1 heterocycles. The third kappa shape index (κ3) is 7.60. The Morgan fingerprint density at radius 2 is 1.34 bits per heavy atom. The van der Waals surface area contributed by atoms with Crippen LogP contribution in [0.2, 0.25) is 0 Å². The third-order valence-corrected chi connectivity index (χ3v) is 6.79. The van der Waals surface area contributed by atoms with Gasteiger partial charge in [-0.2, -0.15) is 0 Å². The number of piperazine rings is 1. The molecule has 0 aromatic heterocycles. The summed E-state index contributed by atoms with van der Waals surface area (Å²) in [6.45, 7) is 1.63. The number of carbonyl (C=O) groups is 2. The normalized spacial score (nSPS) is 13.7. The van der Waals surface area contributed by atoms with Gasteiger partial charge in [0.15, 0.2) is 0 Å². The van der Waals surface area contributed by atoms with E-state index >= 15 is 0 Å². The van der Waals surface area contributed by atoms with Gasteiger partial charge in [0.1, 0.15) is 29.8 Å². The lowest BCUT2D eigenvalue weighted by atomic mass is 9.87. The van der Waals surface area contributed by atoms with E-state index in [1.807, 2.05) is 0 Å². The van der Waals surface area contributed by atoms with Crippen molar-refractivity contribution >= 4 is 11.8 Å². The van der Waals surface area contributed by atoms with Crippen LogP contribution in [0.15, 0.2) is 72.8 Å². The van der Waals surface area contributed by atoms with Crippen molar-refractivity contribution in [3.05, 3.63) is 101 Å². The fourth-order valence-electron chi connectivity index (χ4n) is 4.66. The molecule has 1 saturated heterocycles. The lowest BCUT2D eigenvalue weighted by molar-refractivity contribution is -0.145. The lowest BCUT2D eigenvalue weighted by Gasteiger charge is -2.34. The first kappa shape index (κ1) is 27.2. The summed E-state index contributed by atoms with van der Waals surface area (Å²) in [6, 6.07) is 18.3. The Morgan fingerprint density at radius 1 is 0.789 bits per heavy atom. The molecule has 0 unspecified atom stereocenters. The predicted octanol–water partition coefficient (Wildman–Crippen LogP) is 5.55. The molecule has 2 amide bonds. The Morgan fingerprint density at radius 3 is 1.89 bits per heavy atom. The van der Waals surface area contributed by atoms with Crippen LogP contribution >= 0.6 is 0 Å². The van der Waals surface area contributed by atoms with Crippen LogP contribution in [0.5, 0.6) is 5.75 Å². The van der Waals surface area contributed by atoms with Crippen molar-refractivity contribution < 1.29 is 27.5 Å². The topological polar surface area (TPSA) is 49.9 Å². The van der Waals surface area contributed by atoms with Crippen molar-refractivity contribution in [3.63, 3.8) is 0 Å². The highest BCUT2D eigenvalue weighted by atomic mass is 19.1. The second kappa shape index (κ2) is 13.1. The molecule has 0 saturated carbocycles. The Balaban J connectivity index is 1.21. The van der Waals surface area contributed by atoms with Crippen LogP contribution in [0.4, 0.5) is 13.2 Å². The van der Waals surface area contributed by atoms with Crippen LogP contribution in [0.1, 0.15) is 42.7 Å². The minimum absolute atomic E-state index is 0.0337. The number of unbranched alkanes of at least 4 members (excludes halogenated alkanes) is 1. The molecule has 0 radical (unpaired) electrons. The highest BCUT2D eigenvalue weighted by Gasteiger charge is 2.26. The summed E-state index contributed by atoms with van der Waals surface area (Å²) in [7, 11) is 0. The molecule has 1 fully saturated rings. The van der Waals surface area contributed by atoms with Gasteiger partial charge in [0.05, 0.1) is 13.1 Å². The number of benzene rings is 3. The number of amides is 2. The Bertz CT molecular complexity index is 1160. The molecule has 3 aromatic carbocycles. The van der Waals surface area contributed by atoms with Gasteiger partial charge < -0.3 is 14.5 Å². The van der Waals surface area contributed by atoms with E-state index in [0.717, 1.165) is 24.0 Å². The molecule has 38 heavy (non-hydrogen) atoms. The molecule has 0 atom stereocenters. The van der Waals surface area contributed by atoms with Gasteiger partial charge in [-0.3, -0.25) is 9.59 Å². The molecule has 0 N–H and O–H groups in total. The second-order valence-electron chi connectivity index (χ2n) is 9.40. The summed E-state index contributed by atoms with van der Waals surface area (Å²) in [5.41, 5.74) is 1.88. The average molecular weight is 525 g/mol. The SMILES string of the molecule is O=C1CN(C(=O)CCCCC(c2ccc(F)cc2)c2ccc(F)cc2)CCN1CCOc1ccc(F)cc1. The molecular weight excluding hydrogens is 493 g/mol. The number of rotatable bonds is 11. The quantitative estimate of drug-likeness (QED) is 0.309. The number of hydrogen-bond donors (Lipinski definition) is 0. The number of halogens is 3. The number of hydrogen-bond acceptors (Lipinski definition) is 3. The maximum Gasteiger partial charge on any atom is 0.242 e. The van der Waals surface area contributed by atoms with Gasteiger partial charge in [0.2, 0.25) is 11.8 Å². The Kier molecular flexibility index (Phi) is 9.40. The molecule has 1 aliphatic heterocycles. The van der Waals surface area contributed by atoms with Crippen molar-refractivity contribution in [2.24, 2.45) is 0 Å². The van der Waals surface area contributed by atoms with E-state index in [-0.39, 0.29) is 48.3 Å². The molecule has 5 nitrogen and oxygen atoms in total. The van der Waals surface area contributed by atoms with Crippen LogP contribution < -0.4 is 4.74 Å². The number of ether oxygens (including phenoxy) is 1. The number of nitrogens with zero attached hydrogens (tertiary/aromatic N) is 2. The summed E-state index contributed by atoms with van der Waals surface area (Å²) in [6.07, 6.45) is 2.46. The molecule has 0 bridgehead atoms. The molecule has 1 aliphatic rings. The molecule has 0 aliphatic carbocycles. The fourth-order valence-corrected chi connectivity index (χ4v) is 4.66. The molecule has 3 aromatic rings. The Labute approximate surface area is 220 Å². The first-order valence-corrected chi connectivity index (χ1v) is 12.8. The van der Waals surface area contributed by atoms with E-state index in [2.05, 4.69) is 0 Å².